The molecule has 16 aromatic rings. The van der Waals surface area contributed by atoms with Crippen LogP contribution in [0.15, 0.2) is 213 Å². The molecule has 20 heteroatoms. The largest absolute Gasteiger partial charge is 0.462 e. The smallest absolute Gasteiger partial charge is 0.138 e. The predicted octanol–water partition coefficient (Wildman–Crippen LogP) is 19.7. The fourth-order valence-electron chi connectivity index (χ4n) is 12.0. The van der Waals surface area contributed by atoms with Gasteiger partial charge in [-0.05, 0) is 94.5 Å². The van der Waals surface area contributed by atoms with Crippen molar-refractivity contribution in [2.24, 2.45) is 0 Å². The summed E-state index contributed by atoms with van der Waals surface area (Å²) in [5, 5.41) is 38.3. The molecule has 16 rings (SSSR count). The number of aryl methyl sites for hydroxylation is 3. The van der Waals surface area contributed by atoms with Crippen molar-refractivity contribution >= 4 is 88.3 Å². The first-order valence-electron chi connectivity index (χ1n) is 34.5. The van der Waals surface area contributed by atoms with E-state index in [1.165, 1.54) is 42.4 Å². The van der Waals surface area contributed by atoms with Gasteiger partial charge in [0.1, 0.15) is 92.0 Å². The third kappa shape index (κ3) is 21.5. The van der Waals surface area contributed by atoms with Gasteiger partial charge in [0.15, 0.2) is 0 Å². The number of aliphatic hydroxyl groups is 4. The second kappa shape index (κ2) is 40.1. The Bertz CT molecular complexity index is 5380. The number of aromatic nitrogens is 8. The molecule has 0 saturated carbocycles. The number of unbranched alkanes of at least 4 members (excludes halogenated alkanes) is 3. The molecule has 4 unspecified atom stereocenters. The average molecular weight is 2130 g/mol. The first kappa shape index (κ1) is 85.0. The predicted molar refractivity (Wildman–Crippen MR) is 406 cm³/mol. The number of hydrogen-bond acceptors (Lipinski definition) is 16. The van der Waals surface area contributed by atoms with Crippen molar-refractivity contribution in [1.29, 1.82) is 0 Å². The third-order valence-corrected chi connectivity index (χ3v) is 16.7. The molecule has 0 aliphatic rings. The minimum absolute atomic E-state index is 0. The normalized spacial score (nSPS) is 12.1. The van der Waals surface area contributed by atoms with Crippen LogP contribution in [-0.4, -0.2) is 84.7 Å². The Kier molecular flexibility index (Phi) is 32.1. The van der Waals surface area contributed by atoms with Crippen LogP contribution in [0.5, 0.6) is 0 Å². The molecule has 8 aromatic heterocycles. The van der Waals surface area contributed by atoms with Gasteiger partial charge in [-0.15, -0.1) is 142 Å². The second-order valence-electron chi connectivity index (χ2n) is 26.6. The van der Waals surface area contributed by atoms with Gasteiger partial charge in [-0.1, -0.05) is 122 Å². The first-order valence-corrected chi connectivity index (χ1v) is 34.5. The fraction of sp³-hybridized carbons (Fsp3) is 0.256. The zero-order chi connectivity index (χ0) is 71.9. The molecule has 8 aromatic carbocycles. The Morgan fingerprint density at radius 3 is 1.14 bits per heavy atom. The van der Waals surface area contributed by atoms with Gasteiger partial charge in [-0.2, -0.15) is 0 Å². The van der Waals surface area contributed by atoms with Gasteiger partial charge in [0, 0.05) is 125 Å². The van der Waals surface area contributed by atoms with Crippen molar-refractivity contribution in [3.63, 3.8) is 0 Å². The molecular formula is C86H84Ir4N8O8-4. The van der Waals surface area contributed by atoms with E-state index in [9.17, 15) is 0 Å². The van der Waals surface area contributed by atoms with Crippen LogP contribution in [0.25, 0.3) is 133 Å². The molecule has 0 bridgehead atoms. The number of para-hydroxylation sites is 4. The third-order valence-electron chi connectivity index (χ3n) is 16.7. The van der Waals surface area contributed by atoms with Gasteiger partial charge in [-0.25, -0.2) is 19.9 Å². The average Bonchev–Trinajstić information content (AvgIpc) is 1.63. The van der Waals surface area contributed by atoms with E-state index < -0.39 is 0 Å². The maximum absolute atomic E-state index is 8.56. The summed E-state index contributed by atoms with van der Waals surface area (Å²) in [7, 11) is 0. The van der Waals surface area contributed by atoms with E-state index in [2.05, 4.69) is 141 Å². The molecule has 556 valence electrons. The van der Waals surface area contributed by atoms with Crippen molar-refractivity contribution in [3.8, 4) is 45.0 Å². The fourth-order valence-corrected chi connectivity index (χ4v) is 12.0. The number of benzene rings is 8. The summed E-state index contributed by atoms with van der Waals surface area (Å²) in [5.41, 5.74) is 21.4. The van der Waals surface area contributed by atoms with E-state index in [1.54, 1.807) is 53.0 Å². The Hall–Kier alpha value is -8.28. The molecule has 0 spiro atoms. The van der Waals surface area contributed by atoms with Gasteiger partial charge >= 0.3 is 0 Å². The Morgan fingerprint density at radius 1 is 0.396 bits per heavy atom. The molecule has 0 saturated heterocycles. The minimum atomic E-state index is -0.375. The second-order valence-corrected chi connectivity index (χ2v) is 26.6. The number of aliphatic hydroxyl groups excluding tert-OH is 4. The van der Waals surface area contributed by atoms with E-state index in [0.29, 0.717) is 18.4 Å². The molecular weight excluding hydrogens is 2040 g/mol. The van der Waals surface area contributed by atoms with E-state index in [-0.39, 0.29) is 110 Å². The van der Waals surface area contributed by atoms with Crippen molar-refractivity contribution < 1.29 is 119 Å². The van der Waals surface area contributed by atoms with Crippen LogP contribution < -0.4 is 0 Å². The summed E-state index contributed by atoms with van der Waals surface area (Å²) in [5.74, 6) is 0. The Morgan fingerprint density at radius 2 is 0.783 bits per heavy atom. The first-order chi connectivity index (χ1) is 49.3. The monoisotopic (exact) mass is 2130 g/mol. The summed E-state index contributed by atoms with van der Waals surface area (Å²) < 4.78 is 23.9. The number of furan rings is 4. The van der Waals surface area contributed by atoms with Gasteiger partial charge in [-0.3, -0.25) is 19.9 Å². The zero-order valence-corrected chi connectivity index (χ0v) is 70.1. The maximum Gasteiger partial charge on any atom is 0.138 e. The van der Waals surface area contributed by atoms with Gasteiger partial charge in [0.2, 0.25) is 0 Å². The number of fused-ring (bicyclic) bond motifs is 12. The zero-order valence-electron chi connectivity index (χ0n) is 60.6. The molecule has 8 heterocycles. The van der Waals surface area contributed by atoms with Crippen LogP contribution in [0.3, 0.4) is 0 Å². The van der Waals surface area contributed by atoms with E-state index in [0.717, 1.165) is 140 Å². The molecule has 0 aliphatic carbocycles. The molecule has 4 N–H and O–H groups in total. The molecule has 106 heavy (non-hydrogen) atoms. The standard InChI is InChI=1S/C22H21N2O.C20H17N2O.C18H13N2O.C16H9N2O.2C5H12O2.4Ir/c1-2-3-4-5-8-16-11-13-17(14-12-16)20-22-21(24-15-23-20)18-9-6-7-10-19(18)25-22;1-20(2,3)14-8-6-7-13(11-14)17-19-18(22-12-21-17)15-9-4-5-10-16(15)23-19;1-11-7-12(2)9-13(8-11)16-18-17(20-10-19-16)14-5-3-4-6-15(14)21-18;1-2-6-11(7-3-1)14-16-15(18-10-17-14)12-8-4-5-9-13(12)19-16;2*1-4(6)3-5(2)7;;;;/h6-7,9-13,15H,2-5,8H2,1H3;4-6,8-12H,1-3H3;3-8,10H,1-2H3;1-6,8-10H;2*4-7H,3H2,1-2H3;;;;/q4*-1;;;;;;. The van der Waals surface area contributed by atoms with Crippen LogP contribution in [0.2, 0.25) is 0 Å². The molecule has 4 radical (unpaired) electrons. The summed E-state index contributed by atoms with van der Waals surface area (Å²) in [6.45, 7) is 19.6. The van der Waals surface area contributed by atoms with Crippen molar-refractivity contribution in [1.82, 2.24) is 39.9 Å². The van der Waals surface area contributed by atoms with Gasteiger partial charge in [0.25, 0.3) is 0 Å². The Balaban J connectivity index is 0.000000184. The molecule has 0 aliphatic heterocycles. The van der Waals surface area contributed by atoms with Crippen LogP contribution in [0, 0.1) is 38.1 Å². The van der Waals surface area contributed by atoms with E-state index in [1.807, 2.05) is 134 Å². The number of nitrogens with zero attached hydrogens (tertiary/aromatic N) is 8. The van der Waals surface area contributed by atoms with Crippen molar-refractivity contribution in [2.75, 3.05) is 0 Å². The summed E-state index contributed by atoms with van der Waals surface area (Å²) in [4.78, 5) is 35.2. The van der Waals surface area contributed by atoms with Crippen molar-refractivity contribution in [3.05, 3.63) is 242 Å². The summed E-state index contributed by atoms with van der Waals surface area (Å²) in [6, 6.07) is 69.3. The van der Waals surface area contributed by atoms with Crippen LogP contribution >= 0.6 is 0 Å². The van der Waals surface area contributed by atoms with Crippen LogP contribution in [0.4, 0.5) is 0 Å². The topological polar surface area (TPSA) is 237 Å². The Labute approximate surface area is 671 Å². The van der Waals surface area contributed by atoms with Gasteiger partial charge in [0.05, 0.1) is 24.4 Å². The SMILES string of the molecule is CC(C)(C)c1cc[c-]c(-c2ncnc3c2oc2ccccc23)c1.CC(O)CC(C)O.CC(O)CC(C)O.CCCCCCc1c[c-]c(-c2ncnc3c2oc2ccccc23)cc1.Cc1[c-]c(-c2ncnc3c2oc2ccccc23)cc(C)c1.[Ir].[Ir].[Ir].[Ir].[c-]1ccccc1-c1ncnc2c1oc1ccccc12. The summed E-state index contributed by atoms with van der Waals surface area (Å²) in [6.07, 6.45) is 12.0. The number of hydrogen-bond donors (Lipinski definition) is 4. The molecule has 4 atom stereocenters. The van der Waals surface area contributed by atoms with Crippen LogP contribution in [-0.2, 0) is 92.3 Å². The molecule has 0 amide bonds. The maximum atomic E-state index is 8.56. The van der Waals surface area contributed by atoms with Crippen molar-refractivity contribution in [2.45, 2.75) is 144 Å². The van der Waals surface area contributed by atoms with E-state index in [4.69, 9.17) is 38.1 Å². The quantitative estimate of drug-likeness (QED) is 0.0620. The summed E-state index contributed by atoms with van der Waals surface area (Å²) >= 11 is 0. The minimum Gasteiger partial charge on any atom is -0.462 e. The number of rotatable bonds is 13. The van der Waals surface area contributed by atoms with E-state index >= 15 is 0 Å². The molecule has 0 fully saturated rings. The van der Waals surface area contributed by atoms with Crippen LogP contribution in [0.1, 0.15) is 116 Å². The van der Waals surface area contributed by atoms with Gasteiger partial charge < -0.3 is 38.1 Å². The molecule has 16 nitrogen and oxygen atoms in total.